The van der Waals surface area contributed by atoms with Crippen LogP contribution in [0.5, 0.6) is 0 Å². The van der Waals surface area contributed by atoms with Gasteiger partial charge in [0, 0.05) is 11.4 Å². The van der Waals surface area contributed by atoms with Crippen LogP contribution in [0.25, 0.3) is 0 Å². The molecule has 15 heavy (non-hydrogen) atoms. The van der Waals surface area contributed by atoms with E-state index < -0.39 is 0 Å². The SMILES string of the molecule is Cc1cccc(Nc2cc[c]cc2)c1C. The highest BCUT2D eigenvalue weighted by atomic mass is 14.9. The van der Waals surface area contributed by atoms with Crippen molar-refractivity contribution in [2.45, 2.75) is 13.8 Å². The first kappa shape index (κ1) is 9.78. The number of anilines is 2. The van der Waals surface area contributed by atoms with Gasteiger partial charge >= 0.3 is 0 Å². The minimum absolute atomic E-state index is 1.10. The predicted molar refractivity (Wildman–Crippen MR) is 64.5 cm³/mol. The van der Waals surface area contributed by atoms with Crippen LogP contribution < -0.4 is 5.32 Å². The Hall–Kier alpha value is -1.76. The smallest absolute Gasteiger partial charge is 0.0416 e. The van der Waals surface area contributed by atoms with E-state index in [1.54, 1.807) is 0 Å². The van der Waals surface area contributed by atoms with Crippen molar-refractivity contribution in [3.05, 3.63) is 59.7 Å². The summed E-state index contributed by atoms with van der Waals surface area (Å²) in [6.45, 7) is 4.26. The molecule has 0 atom stereocenters. The Kier molecular flexibility index (Phi) is 2.72. The van der Waals surface area contributed by atoms with Gasteiger partial charge in [0.2, 0.25) is 0 Å². The van der Waals surface area contributed by atoms with E-state index in [2.05, 4.69) is 43.4 Å². The molecule has 2 rings (SSSR count). The Labute approximate surface area is 90.8 Å². The summed E-state index contributed by atoms with van der Waals surface area (Å²) in [4.78, 5) is 0. The van der Waals surface area contributed by atoms with Crippen LogP contribution in [0.2, 0.25) is 0 Å². The van der Waals surface area contributed by atoms with E-state index in [-0.39, 0.29) is 0 Å². The average molecular weight is 196 g/mol. The van der Waals surface area contributed by atoms with Gasteiger partial charge in [0.15, 0.2) is 0 Å². The van der Waals surface area contributed by atoms with E-state index >= 15 is 0 Å². The molecule has 0 bridgehead atoms. The van der Waals surface area contributed by atoms with Crippen molar-refractivity contribution in [2.24, 2.45) is 0 Å². The van der Waals surface area contributed by atoms with Crippen molar-refractivity contribution in [1.29, 1.82) is 0 Å². The normalized spacial score (nSPS) is 10.0. The van der Waals surface area contributed by atoms with Gasteiger partial charge in [0.1, 0.15) is 0 Å². The van der Waals surface area contributed by atoms with Gasteiger partial charge in [-0.05, 0) is 49.2 Å². The quantitative estimate of drug-likeness (QED) is 0.769. The van der Waals surface area contributed by atoms with Gasteiger partial charge < -0.3 is 5.32 Å². The van der Waals surface area contributed by atoms with Crippen LogP contribution in [-0.2, 0) is 0 Å². The second-order valence-electron chi connectivity index (χ2n) is 3.66. The first-order valence-corrected chi connectivity index (χ1v) is 5.07. The molecule has 0 saturated heterocycles. The second-order valence-corrected chi connectivity index (χ2v) is 3.66. The third kappa shape index (κ3) is 2.18. The third-order valence-electron chi connectivity index (χ3n) is 2.60. The molecule has 0 unspecified atom stereocenters. The molecule has 0 saturated carbocycles. The number of benzene rings is 2. The summed E-state index contributed by atoms with van der Waals surface area (Å²) in [5, 5.41) is 3.39. The van der Waals surface area contributed by atoms with Crippen molar-refractivity contribution in [1.82, 2.24) is 0 Å². The maximum Gasteiger partial charge on any atom is 0.0416 e. The summed E-state index contributed by atoms with van der Waals surface area (Å²) in [6.07, 6.45) is 0. The largest absolute Gasteiger partial charge is 0.355 e. The van der Waals surface area contributed by atoms with Gasteiger partial charge in [-0.15, -0.1) is 0 Å². The first-order valence-electron chi connectivity index (χ1n) is 5.07. The molecule has 2 aromatic rings. The van der Waals surface area contributed by atoms with Crippen molar-refractivity contribution in [3.63, 3.8) is 0 Å². The Morgan fingerprint density at radius 3 is 2.47 bits per heavy atom. The minimum Gasteiger partial charge on any atom is -0.355 e. The Morgan fingerprint density at radius 2 is 1.73 bits per heavy atom. The summed E-state index contributed by atoms with van der Waals surface area (Å²) in [5.41, 5.74) is 4.87. The topological polar surface area (TPSA) is 12.0 Å². The van der Waals surface area contributed by atoms with E-state index in [4.69, 9.17) is 0 Å². The highest BCUT2D eigenvalue weighted by molar-refractivity contribution is 5.64. The molecular weight excluding hydrogens is 182 g/mol. The molecule has 0 fully saturated rings. The van der Waals surface area contributed by atoms with Crippen LogP contribution in [0.1, 0.15) is 11.1 Å². The molecule has 0 spiro atoms. The van der Waals surface area contributed by atoms with Gasteiger partial charge in [0.25, 0.3) is 0 Å². The van der Waals surface area contributed by atoms with Crippen LogP contribution in [0.15, 0.2) is 42.5 Å². The summed E-state index contributed by atoms with van der Waals surface area (Å²) < 4.78 is 0. The van der Waals surface area contributed by atoms with Crippen LogP contribution in [-0.4, -0.2) is 0 Å². The van der Waals surface area contributed by atoms with Gasteiger partial charge in [-0.25, -0.2) is 0 Å². The zero-order valence-electron chi connectivity index (χ0n) is 9.04. The molecule has 0 heterocycles. The van der Waals surface area contributed by atoms with E-state index in [0.29, 0.717) is 0 Å². The lowest BCUT2D eigenvalue weighted by Gasteiger charge is -2.10. The van der Waals surface area contributed by atoms with Crippen molar-refractivity contribution >= 4 is 11.4 Å². The fourth-order valence-electron chi connectivity index (χ4n) is 1.51. The molecule has 1 nitrogen and oxygen atoms in total. The van der Waals surface area contributed by atoms with Crippen LogP contribution >= 0.6 is 0 Å². The van der Waals surface area contributed by atoms with Gasteiger partial charge in [-0.3, -0.25) is 0 Å². The predicted octanol–water partition coefficient (Wildman–Crippen LogP) is 3.85. The highest BCUT2D eigenvalue weighted by Gasteiger charge is 1.99. The number of nitrogens with one attached hydrogen (secondary N) is 1. The molecule has 2 aromatic carbocycles. The second kappa shape index (κ2) is 4.18. The Balaban J connectivity index is 2.29. The molecule has 1 radical (unpaired) electrons. The number of hydrogen-bond donors (Lipinski definition) is 1. The van der Waals surface area contributed by atoms with Crippen LogP contribution in [0, 0.1) is 19.9 Å². The molecule has 0 aromatic heterocycles. The average Bonchev–Trinajstić information content (AvgIpc) is 2.26. The van der Waals surface area contributed by atoms with E-state index in [1.807, 2.05) is 24.3 Å². The first-order chi connectivity index (χ1) is 7.27. The summed E-state index contributed by atoms with van der Waals surface area (Å²) in [5.74, 6) is 0. The molecule has 0 aliphatic heterocycles. The van der Waals surface area contributed by atoms with Gasteiger partial charge in [0.05, 0.1) is 0 Å². The van der Waals surface area contributed by atoms with Crippen LogP contribution in [0.3, 0.4) is 0 Å². The van der Waals surface area contributed by atoms with Crippen molar-refractivity contribution in [3.8, 4) is 0 Å². The summed E-state index contributed by atoms with van der Waals surface area (Å²) in [6, 6.07) is 17.1. The Morgan fingerprint density at radius 1 is 1.00 bits per heavy atom. The van der Waals surface area contributed by atoms with Crippen molar-refractivity contribution < 1.29 is 0 Å². The highest BCUT2D eigenvalue weighted by Crippen LogP contribution is 2.22. The maximum atomic E-state index is 3.39. The van der Waals surface area contributed by atoms with Crippen LogP contribution in [0.4, 0.5) is 11.4 Å². The molecule has 0 aliphatic carbocycles. The summed E-state index contributed by atoms with van der Waals surface area (Å²) >= 11 is 0. The molecular formula is C14H14N. The number of rotatable bonds is 2. The third-order valence-corrected chi connectivity index (χ3v) is 2.60. The number of aryl methyl sites for hydroxylation is 1. The lowest BCUT2D eigenvalue weighted by Crippen LogP contribution is -1.94. The zero-order valence-corrected chi connectivity index (χ0v) is 9.04. The zero-order chi connectivity index (χ0) is 10.7. The molecule has 1 heteroatoms. The lowest BCUT2D eigenvalue weighted by molar-refractivity contribution is 1.33. The molecule has 0 aliphatic rings. The fraction of sp³-hybridized carbons (Fsp3) is 0.143. The van der Waals surface area contributed by atoms with E-state index in [1.165, 1.54) is 16.8 Å². The lowest BCUT2D eigenvalue weighted by atomic mass is 10.1. The monoisotopic (exact) mass is 196 g/mol. The fourth-order valence-corrected chi connectivity index (χ4v) is 1.51. The van der Waals surface area contributed by atoms with E-state index in [0.717, 1.165) is 5.69 Å². The Bertz CT molecular complexity index is 446. The van der Waals surface area contributed by atoms with Gasteiger partial charge in [-0.1, -0.05) is 24.3 Å². The summed E-state index contributed by atoms with van der Waals surface area (Å²) in [7, 11) is 0. The molecule has 75 valence electrons. The maximum absolute atomic E-state index is 3.39. The van der Waals surface area contributed by atoms with Crippen molar-refractivity contribution in [2.75, 3.05) is 5.32 Å². The molecule has 0 amide bonds. The van der Waals surface area contributed by atoms with E-state index in [9.17, 15) is 0 Å². The minimum atomic E-state index is 1.10. The molecule has 1 N–H and O–H groups in total. The standard InChI is InChI=1S/C14H14N/c1-11-7-6-10-14(12(11)2)15-13-8-4-3-5-9-13/h4-10,15H,1-2H3. The number of hydrogen-bond acceptors (Lipinski definition) is 1. The van der Waals surface area contributed by atoms with Gasteiger partial charge in [-0.2, -0.15) is 0 Å².